The minimum atomic E-state index is 0.582. The van der Waals surface area contributed by atoms with Gasteiger partial charge in [0.2, 0.25) is 0 Å². The average Bonchev–Trinajstić information content (AvgIpc) is 3.25. The molecule has 2 aromatic rings. The molecule has 1 aliphatic rings. The number of benzene rings is 1. The molecule has 0 unspecified atom stereocenters. The highest BCUT2D eigenvalue weighted by Crippen LogP contribution is 2.42. The van der Waals surface area contributed by atoms with Crippen molar-refractivity contribution in [1.82, 2.24) is 4.98 Å². The van der Waals surface area contributed by atoms with Gasteiger partial charge >= 0.3 is 0 Å². The van der Waals surface area contributed by atoms with Gasteiger partial charge in [0.1, 0.15) is 0 Å². The number of ether oxygens (including phenoxy) is 2. The lowest BCUT2D eigenvalue weighted by Crippen LogP contribution is -1.99. The van der Waals surface area contributed by atoms with Crippen LogP contribution in [-0.2, 0) is 0 Å². The summed E-state index contributed by atoms with van der Waals surface area (Å²) in [4.78, 5) is 4.72. The van der Waals surface area contributed by atoms with Crippen LogP contribution in [-0.4, -0.2) is 18.2 Å². The monoisotopic (exact) mass is 291 g/mol. The molecule has 4 heteroatoms. The van der Waals surface area contributed by atoms with Crippen molar-refractivity contribution >= 4 is 22.5 Å². The van der Waals surface area contributed by atoms with Gasteiger partial charge < -0.3 is 9.47 Å². The molecule has 0 radical (unpaired) electrons. The van der Waals surface area contributed by atoms with Crippen LogP contribution in [0.25, 0.3) is 10.9 Å². The predicted molar refractivity (Wildman–Crippen MR) is 81.1 cm³/mol. The molecule has 3 nitrogen and oxygen atoms in total. The maximum Gasteiger partial charge on any atom is 0.163 e. The van der Waals surface area contributed by atoms with Crippen LogP contribution in [0.5, 0.6) is 11.5 Å². The minimum absolute atomic E-state index is 0.582. The normalized spacial score (nSPS) is 14.6. The van der Waals surface area contributed by atoms with Crippen LogP contribution >= 0.6 is 11.6 Å². The quantitative estimate of drug-likeness (QED) is 0.809. The van der Waals surface area contributed by atoms with E-state index in [0.29, 0.717) is 19.1 Å². The topological polar surface area (TPSA) is 31.4 Å². The van der Waals surface area contributed by atoms with Gasteiger partial charge in [-0.1, -0.05) is 11.6 Å². The third-order valence-corrected chi connectivity index (χ3v) is 3.75. The van der Waals surface area contributed by atoms with Gasteiger partial charge in [0.05, 0.1) is 23.8 Å². The molecule has 0 atom stereocenters. The molecule has 0 bridgehead atoms. The maximum atomic E-state index is 6.40. The van der Waals surface area contributed by atoms with Gasteiger partial charge in [-0.05, 0) is 38.8 Å². The summed E-state index contributed by atoms with van der Waals surface area (Å²) in [6.07, 6.45) is 2.42. The number of pyridine rings is 1. The van der Waals surface area contributed by atoms with E-state index in [1.165, 1.54) is 12.8 Å². The number of hydrogen-bond donors (Lipinski definition) is 0. The standard InChI is InChI=1S/C16H18ClNO2/c1-3-19-15-7-11-12(17)8-13(10-5-6-10)18-14(11)9-16(15)20-4-2/h7-10H,3-6H2,1-2H3. The molecule has 1 saturated carbocycles. The van der Waals surface area contributed by atoms with E-state index in [0.717, 1.165) is 33.1 Å². The molecule has 0 amide bonds. The van der Waals surface area contributed by atoms with E-state index in [4.69, 9.17) is 26.1 Å². The number of fused-ring (bicyclic) bond motifs is 1. The van der Waals surface area contributed by atoms with E-state index in [2.05, 4.69) is 0 Å². The molecule has 1 aliphatic carbocycles. The number of nitrogens with zero attached hydrogens (tertiary/aromatic N) is 1. The third kappa shape index (κ3) is 2.55. The summed E-state index contributed by atoms with van der Waals surface area (Å²) in [5.41, 5.74) is 1.97. The number of halogens is 1. The molecular weight excluding hydrogens is 274 g/mol. The van der Waals surface area contributed by atoms with Gasteiger partial charge in [-0.15, -0.1) is 0 Å². The van der Waals surface area contributed by atoms with Crippen molar-refractivity contribution in [3.63, 3.8) is 0 Å². The molecule has 20 heavy (non-hydrogen) atoms. The lowest BCUT2D eigenvalue weighted by molar-refractivity contribution is 0.288. The van der Waals surface area contributed by atoms with E-state index in [-0.39, 0.29) is 0 Å². The number of rotatable bonds is 5. The van der Waals surface area contributed by atoms with Crippen molar-refractivity contribution in [2.45, 2.75) is 32.6 Å². The summed E-state index contributed by atoms with van der Waals surface area (Å²) in [6, 6.07) is 5.84. The maximum absolute atomic E-state index is 6.40. The molecule has 1 heterocycles. The third-order valence-electron chi connectivity index (χ3n) is 3.44. The smallest absolute Gasteiger partial charge is 0.163 e. The average molecular weight is 292 g/mol. The molecular formula is C16H18ClNO2. The fourth-order valence-electron chi connectivity index (χ4n) is 2.34. The number of hydrogen-bond acceptors (Lipinski definition) is 3. The first-order valence-corrected chi connectivity index (χ1v) is 7.50. The predicted octanol–water partition coefficient (Wildman–Crippen LogP) is 4.56. The van der Waals surface area contributed by atoms with Gasteiger partial charge in [0.25, 0.3) is 0 Å². The van der Waals surface area contributed by atoms with E-state index in [1.807, 2.05) is 32.0 Å². The first kappa shape index (κ1) is 13.5. The van der Waals surface area contributed by atoms with Crippen LogP contribution in [0.15, 0.2) is 18.2 Å². The SMILES string of the molecule is CCOc1cc2nc(C3CC3)cc(Cl)c2cc1OCC. The van der Waals surface area contributed by atoms with Crippen LogP contribution in [0.4, 0.5) is 0 Å². The first-order chi connectivity index (χ1) is 9.72. The fourth-order valence-corrected chi connectivity index (χ4v) is 2.60. The van der Waals surface area contributed by atoms with Gasteiger partial charge in [-0.3, -0.25) is 4.98 Å². The first-order valence-electron chi connectivity index (χ1n) is 7.12. The zero-order valence-electron chi connectivity index (χ0n) is 11.8. The Bertz CT molecular complexity index is 638. The second kappa shape index (κ2) is 5.49. The van der Waals surface area contributed by atoms with Gasteiger partial charge in [-0.25, -0.2) is 0 Å². The van der Waals surface area contributed by atoms with Crippen molar-refractivity contribution in [2.75, 3.05) is 13.2 Å². The van der Waals surface area contributed by atoms with Crippen LogP contribution in [0.2, 0.25) is 5.02 Å². The summed E-state index contributed by atoms with van der Waals surface area (Å²) >= 11 is 6.40. The van der Waals surface area contributed by atoms with Crippen LogP contribution in [0.1, 0.15) is 38.3 Å². The summed E-state index contributed by atoms with van der Waals surface area (Å²) in [6.45, 7) is 5.11. The van der Waals surface area contributed by atoms with E-state index in [1.54, 1.807) is 0 Å². The molecule has 3 rings (SSSR count). The highest BCUT2D eigenvalue weighted by molar-refractivity contribution is 6.35. The van der Waals surface area contributed by atoms with Crippen molar-refractivity contribution in [3.05, 3.63) is 28.9 Å². The fraction of sp³-hybridized carbons (Fsp3) is 0.438. The number of aromatic nitrogens is 1. The van der Waals surface area contributed by atoms with E-state index >= 15 is 0 Å². The lowest BCUT2D eigenvalue weighted by atomic mass is 10.1. The molecule has 0 saturated heterocycles. The summed E-state index contributed by atoms with van der Waals surface area (Å²) in [5, 5.41) is 1.66. The zero-order valence-corrected chi connectivity index (χ0v) is 12.5. The van der Waals surface area contributed by atoms with Crippen LogP contribution in [0, 0.1) is 0 Å². The highest BCUT2D eigenvalue weighted by Gasteiger charge is 2.26. The van der Waals surface area contributed by atoms with Crippen molar-refractivity contribution in [3.8, 4) is 11.5 Å². The van der Waals surface area contributed by atoms with Crippen LogP contribution < -0.4 is 9.47 Å². The summed E-state index contributed by atoms with van der Waals surface area (Å²) < 4.78 is 11.3. The van der Waals surface area contributed by atoms with E-state index < -0.39 is 0 Å². The van der Waals surface area contributed by atoms with Gasteiger partial charge in [0, 0.05) is 23.1 Å². The van der Waals surface area contributed by atoms with Crippen molar-refractivity contribution in [1.29, 1.82) is 0 Å². The highest BCUT2D eigenvalue weighted by atomic mass is 35.5. The lowest BCUT2D eigenvalue weighted by Gasteiger charge is -2.13. The van der Waals surface area contributed by atoms with E-state index in [9.17, 15) is 0 Å². The Hall–Kier alpha value is -1.48. The Morgan fingerprint density at radius 2 is 1.75 bits per heavy atom. The van der Waals surface area contributed by atoms with Crippen molar-refractivity contribution in [2.24, 2.45) is 0 Å². The molecule has 0 aliphatic heterocycles. The second-order valence-corrected chi connectivity index (χ2v) is 5.39. The van der Waals surface area contributed by atoms with Gasteiger partial charge in [0.15, 0.2) is 11.5 Å². The van der Waals surface area contributed by atoms with Gasteiger partial charge in [-0.2, -0.15) is 0 Å². The summed E-state index contributed by atoms with van der Waals surface area (Å²) in [5.74, 6) is 2.04. The summed E-state index contributed by atoms with van der Waals surface area (Å²) in [7, 11) is 0. The Kier molecular flexibility index (Phi) is 3.70. The molecule has 1 fully saturated rings. The molecule has 1 aromatic carbocycles. The second-order valence-electron chi connectivity index (χ2n) is 4.99. The minimum Gasteiger partial charge on any atom is -0.490 e. The molecule has 106 valence electrons. The largest absolute Gasteiger partial charge is 0.490 e. The van der Waals surface area contributed by atoms with Crippen LogP contribution in [0.3, 0.4) is 0 Å². The zero-order chi connectivity index (χ0) is 14.1. The Morgan fingerprint density at radius 1 is 1.10 bits per heavy atom. The van der Waals surface area contributed by atoms with Crippen molar-refractivity contribution < 1.29 is 9.47 Å². The Balaban J connectivity index is 2.13. The molecule has 0 spiro atoms. The Morgan fingerprint density at radius 3 is 2.35 bits per heavy atom. The molecule has 1 aromatic heterocycles. The Labute approximate surface area is 123 Å². The molecule has 0 N–H and O–H groups in total.